The van der Waals surface area contributed by atoms with Gasteiger partial charge in [0.1, 0.15) is 5.60 Å². The van der Waals surface area contributed by atoms with Crippen LogP contribution in [0.2, 0.25) is 0 Å². The number of amides is 1. The van der Waals surface area contributed by atoms with Gasteiger partial charge in [0.2, 0.25) is 0 Å². The van der Waals surface area contributed by atoms with E-state index in [9.17, 15) is 4.79 Å². The average molecular weight is 322 g/mol. The number of benzene rings is 2. The largest absolute Gasteiger partial charge is 0.444 e. The Morgan fingerprint density at radius 3 is 2.29 bits per heavy atom. The van der Waals surface area contributed by atoms with Crippen molar-refractivity contribution in [3.05, 3.63) is 71.3 Å². The van der Waals surface area contributed by atoms with Crippen molar-refractivity contribution in [2.75, 3.05) is 0 Å². The van der Waals surface area contributed by atoms with Gasteiger partial charge in [0.15, 0.2) is 0 Å². The number of nitrogens with one attached hydrogen (secondary N) is 1. The fraction of sp³-hybridized carbons (Fsp3) is 0.300. The number of ether oxygens (including phenoxy) is 1. The van der Waals surface area contributed by atoms with Crippen LogP contribution in [0.4, 0.5) is 4.79 Å². The standard InChI is InChI=1S/C20H22N2O2/c1-20(2,3)24-19(23)22-18(13-15-7-5-4-6-8-15)17-11-9-16(14-21)10-12-17/h4-12,18H,13H2,1-3H3,(H,22,23). The van der Waals surface area contributed by atoms with E-state index in [4.69, 9.17) is 10.00 Å². The van der Waals surface area contributed by atoms with Crippen molar-refractivity contribution in [3.8, 4) is 6.07 Å². The van der Waals surface area contributed by atoms with Crippen molar-refractivity contribution in [3.63, 3.8) is 0 Å². The molecule has 0 aliphatic carbocycles. The summed E-state index contributed by atoms with van der Waals surface area (Å²) in [5.74, 6) is 0. The zero-order valence-corrected chi connectivity index (χ0v) is 14.2. The molecule has 1 atom stereocenters. The Labute approximate surface area is 143 Å². The van der Waals surface area contributed by atoms with Gasteiger partial charge in [-0.25, -0.2) is 4.79 Å². The average Bonchev–Trinajstić information content (AvgIpc) is 2.53. The van der Waals surface area contributed by atoms with Crippen LogP contribution in [0.5, 0.6) is 0 Å². The topological polar surface area (TPSA) is 62.1 Å². The van der Waals surface area contributed by atoms with Gasteiger partial charge in [0.25, 0.3) is 0 Å². The zero-order valence-electron chi connectivity index (χ0n) is 14.2. The van der Waals surface area contributed by atoms with Gasteiger partial charge in [-0.3, -0.25) is 0 Å². The number of carbonyl (C=O) groups is 1. The number of hydrogen-bond acceptors (Lipinski definition) is 3. The second-order valence-corrected chi connectivity index (χ2v) is 6.62. The number of alkyl carbamates (subject to hydrolysis) is 1. The molecule has 0 aliphatic heterocycles. The molecule has 4 nitrogen and oxygen atoms in total. The lowest BCUT2D eigenvalue weighted by Gasteiger charge is -2.24. The highest BCUT2D eigenvalue weighted by Crippen LogP contribution is 2.20. The Kier molecular flexibility index (Phi) is 5.59. The minimum atomic E-state index is -0.550. The zero-order chi connectivity index (χ0) is 17.6. The Morgan fingerprint density at radius 2 is 1.75 bits per heavy atom. The molecule has 0 saturated carbocycles. The molecule has 2 aromatic carbocycles. The molecule has 24 heavy (non-hydrogen) atoms. The third-order valence-electron chi connectivity index (χ3n) is 3.42. The summed E-state index contributed by atoms with van der Waals surface area (Å²) in [5.41, 5.74) is 2.09. The fourth-order valence-corrected chi connectivity index (χ4v) is 2.34. The van der Waals surface area contributed by atoms with Crippen LogP contribution in [0, 0.1) is 11.3 Å². The maximum atomic E-state index is 12.2. The maximum absolute atomic E-state index is 12.2. The van der Waals surface area contributed by atoms with Crippen LogP contribution in [-0.4, -0.2) is 11.7 Å². The van der Waals surface area contributed by atoms with Gasteiger partial charge >= 0.3 is 6.09 Å². The highest BCUT2D eigenvalue weighted by atomic mass is 16.6. The van der Waals surface area contributed by atoms with E-state index < -0.39 is 11.7 Å². The lowest BCUT2D eigenvalue weighted by atomic mass is 9.98. The molecule has 1 amide bonds. The Morgan fingerprint density at radius 1 is 1.12 bits per heavy atom. The summed E-state index contributed by atoms with van der Waals surface area (Å²) < 4.78 is 5.37. The number of rotatable bonds is 4. The second kappa shape index (κ2) is 7.65. The summed E-state index contributed by atoms with van der Waals surface area (Å²) in [6, 6.07) is 19.1. The van der Waals surface area contributed by atoms with Gasteiger partial charge in [0.05, 0.1) is 17.7 Å². The third-order valence-corrected chi connectivity index (χ3v) is 3.42. The van der Waals surface area contributed by atoms with E-state index in [1.807, 2.05) is 63.2 Å². The van der Waals surface area contributed by atoms with Gasteiger partial charge in [-0.2, -0.15) is 5.26 Å². The molecule has 0 fully saturated rings. The molecule has 0 bridgehead atoms. The molecular weight excluding hydrogens is 300 g/mol. The number of hydrogen-bond donors (Lipinski definition) is 1. The van der Waals surface area contributed by atoms with E-state index in [2.05, 4.69) is 11.4 Å². The first kappa shape index (κ1) is 17.6. The van der Waals surface area contributed by atoms with Gasteiger partial charge in [-0.05, 0) is 50.5 Å². The first-order valence-corrected chi connectivity index (χ1v) is 7.91. The van der Waals surface area contributed by atoms with E-state index >= 15 is 0 Å². The van der Waals surface area contributed by atoms with Crippen molar-refractivity contribution in [2.45, 2.75) is 38.8 Å². The molecule has 0 saturated heterocycles. The van der Waals surface area contributed by atoms with E-state index in [-0.39, 0.29) is 6.04 Å². The number of nitrogens with zero attached hydrogens (tertiary/aromatic N) is 1. The lowest BCUT2D eigenvalue weighted by Crippen LogP contribution is -2.35. The van der Waals surface area contributed by atoms with Crippen LogP contribution in [-0.2, 0) is 11.2 Å². The summed E-state index contributed by atoms with van der Waals surface area (Å²) in [4.78, 5) is 12.2. The number of carbonyl (C=O) groups excluding carboxylic acids is 1. The highest BCUT2D eigenvalue weighted by molar-refractivity contribution is 5.68. The third kappa shape index (κ3) is 5.44. The molecule has 2 rings (SSSR count). The Bertz CT molecular complexity index is 710. The maximum Gasteiger partial charge on any atom is 0.408 e. The molecule has 124 valence electrons. The molecule has 2 aromatic rings. The highest BCUT2D eigenvalue weighted by Gasteiger charge is 2.21. The molecule has 0 aromatic heterocycles. The monoisotopic (exact) mass is 322 g/mol. The summed E-state index contributed by atoms with van der Waals surface area (Å²) in [6.45, 7) is 5.50. The van der Waals surface area contributed by atoms with Gasteiger partial charge in [-0.15, -0.1) is 0 Å². The van der Waals surface area contributed by atoms with Crippen LogP contribution < -0.4 is 5.32 Å². The lowest BCUT2D eigenvalue weighted by molar-refractivity contribution is 0.0503. The molecule has 0 heterocycles. The smallest absolute Gasteiger partial charge is 0.408 e. The predicted octanol–water partition coefficient (Wildman–Crippen LogP) is 4.37. The van der Waals surface area contributed by atoms with Crippen molar-refractivity contribution in [1.29, 1.82) is 5.26 Å². The van der Waals surface area contributed by atoms with Gasteiger partial charge in [-0.1, -0.05) is 42.5 Å². The summed E-state index contributed by atoms with van der Waals surface area (Å²) >= 11 is 0. The molecular formula is C20H22N2O2. The summed E-state index contributed by atoms with van der Waals surface area (Å²) in [6.07, 6.45) is 0.194. The van der Waals surface area contributed by atoms with Crippen molar-refractivity contribution >= 4 is 6.09 Å². The quantitative estimate of drug-likeness (QED) is 0.909. The molecule has 1 N–H and O–H groups in total. The van der Waals surface area contributed by atoms with E-state index in [0.717, 1.165) is 11.1 Å². The Balaban J connectivity index is 2.20. The molecule has 0 aliphatic rings. The summed E-state index contributed by atoms with van der Waals surface area (Å²) in [5, 5.41) is 11.9. The molecule has 4 heteroatoms. The van der Waals surface area contributed by atoms with Crippen LogP contribution >= 0.6 is 0 Å². The van der Waals surface area contributed by atoms with E-state index in [1.165, 1.54) is 0 Å². The van der Waals surface area contributed by atoms with Crippen LogP contribution in [0.3, 0.4) is 0 Å². The first-order chi connectivity index (χ1) is 11.4. The SMILES string of the molecule is CC(C)(C)OC(=O)NC(Cc1ccccc1)c1ccc(C#N)cc1. The van der Waals surface area contributed by atoms with Crippen molar-refractivity contribution in [1.82, 2.24) is 5.32 Å². The molecule has 0 spiro atoms. The normalized spacial score (nSPS) is 12.1. The van der Waals surface area contributed by atoms with E-state index in [0.29, 0.717) is 12.0 Å². The predicted molar refractivity (Wildman–Crippen MR) is 93.4 cm³/mol. The van der Waals surface area contributed by atoms with Gasteiger partial charge in [0, 0.05) is 0 Å². The molecule has 0 radical (unpaired) electrons. The van der Waals surface area contributed by atoms with Crippen molar-refractivity contribution < 1.29 is 9.53 Å². The van der Waals surface area contributed by atoms with Crippen molar-refractivity contribution in [2.24, 2.45) is 0 Å². The first-order valence-electron chi connectivity index (χ1n) is 7.91. The fourth-order valence-electron chi connectivity index (χ4n) is 2.34. The van der Waals surface area contributed by atoms with Crippen LogP contribution in [0.25, 0.3) is 0 Å². The summed E-state index contributed by atoms with van der Waals surface area (Å²) in [7, 11) is 0. The minimum absolute atomic E-state index is 0.227. The Hall–Kier alpha value is -2.80. The minimum Gasteiger partial charge on any atom is -0.444 e. The van der Waals surface area contributed by atoms with Crippen LogP contribution in [0.15, 0.2) is 54.6 Å². The molecule has 1 unspecified atom stereocenters. The number of nitriles is 1. The van der Waals surface area contributed by atoms with Gasteiger partial charge < -0.3 is 10.1 Å². The second-order valence-electron chi connectivity index (χ2n) is 6.62. The van der Waals surface area contributed by atoms with Crippen LogP contribution in [0.1, 0.15) is 43.5 Å². The van der Waals surface area contributed by atoms with E-state index in [1.54, 1.807) is 12.1 Å².